The molecule has 5 nitrogen and oxygen atoms in total. The minimum atomic E-state index is -0.170. The molecule has 1 atom stereocenters. The van der Waals surface area contributed by atoms with Crippen LogP contribution < -0.4 is 4.90 Å². The molecule has 1 aliphatic heterocycles. The second-order valence-electron chi connectivity index (χ2n) is 5.63. The molecule has 1 aromatic carbocycles. The van der Waals surface area contributed by atoms with E-state index < -0.39 is 0 Å². The molecule has 0 aliphatic carbocycles. The molecular weight excluding hydrogens is 280 g/mol. The van der Waals surface area contributed by atoms with Crippen LogP contribution in [0.15, 0.2) is 30.3 Å². The Bertz CT molecular complexity index is 687. The lowest BCUT2D eigenvalue weighted by Gasteiger charge is -2.33. The number of anilines is 1. The van der Waals surface area contributed by atoms with Crippen molar-refractivity contribution in [2.45, 2.75) is 19.4 Å². The zero-order chi connectivity index (χ0) is 15.5. The van der Waals surface area contributed by atoms with E-state index >= 15 is 0 Å². The number of piperidine rings is 1. The maximum atomic E-state index is 11.8. The van der Waals surface area contributed by atoms with Crippen molar-refractivity contribution < 1.29 is 14.6 Å². The molecule has 5 heteroatoms. The van der Waals surface area contributed by atoms with Gasteiger partial charge in [-0.25, -0.2) is 4.98 Å². The van der Waals surface area contributed by atoms with Crippen LogP contribution >= 0.6 is 0 Å². The molecule has 1 aromatic heterocycles. The van der Waals surface area contributed by atoms with Crippen LogP contribution in [0.3, 0.4) is 0 Å². The van der Waals surface area contributed by atoms with Crippen LogP contribution in [0.5, 0.6) is 0 Å². The zero-order valence-electron chi connectivity index (χ0n) is 12.7. The highest BCUT2D eigenvalue weighted by molar-refractivity contribution is 5.82. The number of rotatable bonds is 3. The van der Waals surface area contributed by atoms with Crippen molar-refractivity contribution in [1.29, 1.82) is 0 Å². The van der Waals surface area contributed by atoms with Gasteiger partial charge in [-0.15, -0.1) is 0 Å². The van der Waals surface area contributed by atoms with Gasteiger partial charge in [-0.05, 0) is 25.0 Å². The lowest BCUT2D eigenvalue weighted by Crippen LogP contribution is -2.40. The molecule has 116 valence electrons. The third kappa shape index (κ3) is 2.76. The first-order chi connectivity index (χ1) is 10.7. The van der Waals surface area contributed by atoms with Crippen molar-refractivity contribution in [3.05, 3.63) is 35.9 Å². The lowest BCUT2D eigenvalue weighted by molar-refractivity contribution is -0.145. The number of aromatic nitrogens is 1. The topological polar surface area (TPSA) is 62.7 Å². The van der Waals surface area contributed by atoms with E-state index in [9.17, 15) is 9.90 Å². The Morgan fingerprint density at radius 3 is 3.05 bits per heavy atom. The molecule has 1 fully saturated rings. The third-order valence-electron chi connectivity index (χ3n) is 4.21. The van der Waals surface area contributed by atoms with Crippen molar-refractivity contribution in [3.8, 4) is 0 Å². The highest BCUT2D eigenvalue weighted by Crippen LogP contribution is 2.28. The number of aliphatic hydroxyl groups excluding tert-OH is 1. The summed E-state index contributed by atoms with van der Waals surface area (Å²) < 4.78 is 4.87. The molecule has 0 amide bonds. The Labute approximate surface area is 129 Å². The molecule has 2 aromatic rings. The first-order valence-corrected chi connectivity index (χ1v) is 7.55. The second-order valence-corrected chi connectivity index (χ2v) is 5.63. The van der Waals surface area contributed by atoms with E-state index in [1.807, 2.05) is 30.3 Å². The van der Waals surface area contributed by atoms with E-state index in [-0.39, 0.29) is 18.5 Å². The number of hydrogen-bond donors (Lipinski definition) is 1. The largest absolute Gasteiger partial charge is 0.469 e. The standard InChI is InChI=1S/C17H20N2O3/c1-22-17(21)13-6-4-8-19(10-13)16-14(11-20)9-12-5-2-3-7-15(12)18-16/h2-3,5,7,9,13,20H,4,6,8,10-11H2,1H3/t13-/m0/s1. The van der Waals surface area contributed by atoms with Gasteiger partial charge < -0.3 is 14.7 Å². The van der Waals surface area contributed by atoms with Gasteiger partial charge in [-0.1, -0.05) is 18.2 Å². The number of benzene rings is 1. The van der Waals surface area contributed by atoms with Gasteiger partial charge in [-0.3, -0.25) is 4.79 Å². The molecule has 0 saturated carbocycles. The Balaban J connectivity index is 1.95. The number of esters is 1. The predicted octanol–water partition coefficient (Wildman–Crippen LogP) is 2.12. The number of nitrogens with zero attached hydrogens (tertiary/aromatic N) is 2. The van der Waals surface area contributed by atoms with Crippen molar-refractivity contribution >= 4 is 22.7 Å². The summed E-state index contributed by atoms with van der Waals surface area (Å²) in [5, 5.41) is 10.7. The summed E-state index contributed by atoms with van der Waals surface area (Å²) in [6.45, 7) is 1.36. The number of carbonyl (C=O) groups is 1. The summed E-state index contributed by atoms with van der Waals surface area (Å²) in [6.07, 6.45) is 1.75. The van der Waals surface area contributed by atoms with Crippen LogP contribution in [0.2, 0.25) is 0 Å². The van der Waals surface area contributed by atoms with Crippen LogP contribution in [0.4, 0.5) is 5.82 Å². The molecule has 1 N–H and O–H groups in total. The van der Waals surface area contributed by atoms with Crippen LogP contribution in [0.25, 0.3) is 10.9 Å². The summed E-state index contributed by atoms with van der Waals surface area (Å²) in [5.74, 6) is 0.476. The van der Waals surface area contributed by atoms with Gasteiger partial charge in [0, 0.05) is 24.0 Å². The summed E-state index contributed by atoms with van der Waals surface area (Å²) >= 11 is 0. The van der Waals surface area contributed by atoms with E-state index in [1.54, 1.807) is 0 Å². The fourth-order valence-electron chi connectivity index (χ4n) is 3.07. The predicted molar refractivity (Wildman–Crippen MR) is 84.6 cm³/mol. The Morgan fingerprint density at radius 2 is 2.27 bits per heavy atom. The summed E-state index contributed by atoms with van der Waals surface area (Å²) in [7, 11) is 1.43. The first-order valence-electron chi connectivity index (χ1n) is 7.55. The number of methoxy groups -OCH3 is 1. The van der Waals surface area contributed by atoms with Gasteiger partial charge in [0.05, 0.1) is 25.2 Å². The maximum Gasteiger partial charge on any atom is 0.310 e. The van der Waals surface area contributed by atoms with Crippen LogP contribution in [0.1, 0.15) is 18.4 Å². The van der Waals surface area contributed by atoms with Crippen molar-refractivity contribution in [2.24, 2.45) is 5.92 Å². The zero-order valence-corrected chi connectivity index (χ0v) is 12.7. The van der Waals surface area contributed by atoms with Crippen LogP contribution in [0, 0.1) is 5.92 Å². The molecule has 1 saturated heterocycles. The molecule has 0 radical (unpaired) electrons. The van der Waals surface area contributed by atoms with Crippen molar-refractivity contribution in [2.75, 3.05) is 25.1 Å². The number of pyridine rings is 1. The van der Waals surface area contributed by atoms with Gasteiger partial charge in [-0.2, -0.15) is 0 Å². The molecule has 0 spiro atoms. The van der Waals surface area contributed by atoms with Gasteiger partial charge >= 0.3 is 5.97 Å². The number of fused-ring (bicyclic) bond motifs is 1. The SMILES string of the molecule is COC(=O)[C@H]1CCCN(c2nc3ccccc3cc2CO)C1. The smallest absolute Gasteiger partial charge is 0.310 e. The van der Waals surface area contributed by atoms with E-state index in [0.29, 0.717) is 6.54 Å². The average Bonchev–Trinajstić information content (AvgIpc) is 2.59. The molecule has 3 rings (SSSR count). The van der Waals surface area contributed by atoms with Gasteiger partial charge in [0.15, 0.2) is 0 Å². The number of hydrogen-bond acceptors (Lipinski definition) is 5. The van der Waals surface area contributed by atoms with E-state index in [0.717, 1.165) is 41.7 Å². The molecule has 1 aliphatic rings. The van der Waals surface area contributed by atoms with Crippen molar-refractivity contribution in [3.63, 3.8) is 0 Å². The lowest BCUT2D eigenvalue weighted by atomic mass is 9.97. The molecule has 0 unspecified atom stereocenters. The number of para-hydroxylation sites is 1. The van der Waals surface area contributed by atoms with E-state index in [1.165, 1.54) is 7.11 Å². The third-order valence-corrected chi connectivity index (χ3v) is 4.21. The van der Waals surface area contributed by atoms with Crippen LogP contribution in [-0.2, 0) is 16.1 Å². The molecule has 0 bridgehead atoms. The summed E-state index contributed by atoms with van der Waals surface area (Å²) in [6, 6.07) is 9.82. The Morgan fingerprint density at radius 1 is 1.45 bits per heavy atom. The molecule has 22 heavy (non-hydrogen) atoms. The van der Waals surface area contributed by atoms with Gasteiger partial charge in [0.2, 0.25) is 0 Å². The summed E-state index contributed by atoms with van der Waals surface area (Å²) in [5.41, 5.74) is 1.69. The maximum absolute atomic E-state index is 11.8. The fourth-order valence-corrected chi connectivity index (χ4v) is 3.07. The number of ether oxygens (including phenoxy) is 1. The molecule has 2 heterocycles. The first kappa shape index (κ1) is 14.8. The highest BCUT2D eigenvalue weighted by Gasteiger charge is 2.28. The average molecular weight is 300 g/mol. The highest BCUT2D eigenvalue weighted by atomic mass is 16.5. The second kappa shape index (κ2) is 6.32. The minimum Gasteiger partial charge on any atom is -0.469 e. The monoisotopic (exact) mass is 300 g/mol. The van der Waals surface area contributed by atoms with E-state index in [2.05, 4.69) is 4.90 Å². The fraction of sp³-hybridized carbons (Fsp3) is 0.412. The van der Waals surface area contributed by atoms with E-state index in [4.69, 9.17) is 9.72 Å². The van der Waals surface area contributed by atoms with Gasteiger partial charge in [0.1, 0.15) is 5.82 Å². The molecular formula is C17H20N2O3. The Kier molecular flexibility index (Phi) is 4.24. The van der Waals surface area contributed by atoms with Crippen LogP contribution in [-0.4, -0.2) is 36.3 Å². The quantitative estimate of drug-likeness (QED) is 0.880. The number of aliphatic hydroxyl groups is 1. The Hall–Kier alpha value is -2.14. The normalized spacial score (nSPS) is 18.5. The minimum absolute atomic E-state index is 0.0629. The van der Waals surface area contributed by atoms with Crippen molar-refractivity contribution in [1.82, 2.24) is 4.98 Å². The number of carbonyl (C=O) groups excluding carboxylic acids is 1. The van der Waals surface area contributed by atoms with Gasteiger partial charge in [0.25, 0.3) is 0 Å². The summed E-state index contributed by atoms with van der Waals surface area (Å²) in [4.78, 5) is 18.6.